The van der Waals surface area contributed by atoms with Gasteiger partial charge in [0, 0.05) is 25.9 Å². The first-order valence-corrected chi connectivity index (χ1v) is 6.10. The summed E-state index contributed by atoms with van der Waals surface area (Å²) in [6, 6.07) is 0. The zero-order valence-corrected chi connectivity index (χ0v) is 9.85. The molecule has 6 heteroatoms. The summed E-state index contributed by atoms with van der Waals surface area (Å²) in [4.78, 5) is 13.6. The van der Waals surface area contributed by atoms with Crippen molar-refractivity contribution in [3.05, 3.63) is 0 Å². The van der Waals surface area contributed by atoms with Crippen LogP contribution in [-0.2, 0) is 4.79 Å². The topological polar surface area (TPSA) is 58.4 Å². The first-order valence-electron chi connectivity index (χ1n) is 6.10. The lowest BCUT2D eigenvalue weighted by molar-refractivity contribution is -0.139. The normalized spacial score (nSPS) is 28.8. The number of amides is 1. The molecule has 0 unspecified atom stereocenters. The number of piperidine rings is 2. The molecule has 0 radical (unpaired) electrons. The van der Waals surface area contributed by atoms with Crippen LogP contribution in [0.3, 0.4) is 0 Å². The third kappa shape index (κ3) is 2.42. The number of hydrogen-bond donors (Lipinski definition) is 2. The average Bonchev–Trinajstić information content (AvgIpc) is 2.29. The summed E-state index contributed by atoms with van der Waals surface area (Å²) in [6.07, 6.45) is 0.896. The maximum absolute atomic E-state index is 13.1. The molecule has 0 bridgehead atoms. The Morgan fingerprint density at radius 2 is 1.65 bits per heavy atom. The van der Waals surface area contributed by atoms with Gasteiger partial charge in [0.15, 0.2) is 0 Å². The predicted octanol–water partition coefficient (Wildman–Crippen LogP) is 0.325. The van der Waals surface area contributed by atoms with Gasteiger partial charge in [-0.2, -0.15) is 0 Å². The average molecular weight is 247 g/mol. The number of hydrogen-bond acceptors (Lipinski definition) is 3. The number of nitrogens with two attached hydrogens (primary N) is 1. The smallest absolute Gasteiger partial charge is 0.250 e. The van der Waals surface area contributed by atoms with Crippen molar-refractivity contribution in [2.75, 3.05) is 26.2 Å². The van der Waals surface area contributed by atoms with E-state index in [0.717, 1.165) is 13.1 Å². The largest absolute Gasteiger partial charge is 0.368 e. The van der Waals surface area contributed by atoms with E-state index in [1.165, 1.54) is 0 Å². The molecule has 0 aromatic rings. The van der Waals surface area contributed by atoms with Crippen LogP contribution in [0.4, 0.5) is 8.78 Å². The summed E-state index contributed by atoms with van der Waals surface area (Å²) < 4.78 is 26.2. The highest BCUT2D eigenvalue weighted by Crippen LogP contribution is 2.34. The minimum atomic E-state index is -2.58. The Morgan fingerprint density at radius 1 is 1.12 bits per heavy atom. The molecule has 2 rings (SSSR count). The molecule has 4 nitrogen and oxygen atoms in total. The van der Waals surface area contributed by atoms with E-state index in [4.69, 9.17) is 5.73 Å². The Bertz CT molecular complexity index is 293. The third-order valence-electron chi connectivity index (χ3n) is 3.99. The van der Waals surface area contributed by atoms with Crippen molar-refractivity contribution < 1.29 is 13.6 Å². The van der Waals surface area contributed by atoms with Crippen molar-refractivity contribution in [1.29, 1.82) is 0 Å². The van der Waals surface area contributed by atoms with Gasteiger partial charge in [0.25, 0.3) is 5.92 Å². The summed E-state index contributed by atoms with van der Waals surface area (Å²) in [5.41, 5.74) is 4.80. The number of halogens is 2. The van der Waals surface area contributed by atoms with Gasteiger partial charge in [0.1, 0.15) is 5.54 Å². The van der Waals surface area contributed by atoms with Gasteiger partial charge in [0.05, 0.1) is 0 Å². The Morgan fingerprint density at radius 3 is 2.12 bits per heavy atom. The van der Waals surface area contributed by atoms with E-state index in [2.05, 4.69) is 5.32 Å². The van der Waals surface area contributed by atoms with Gasteiger partial charge in [-0.1, -0.05) is 0 Å². The highest BCUT2D eigenvalue weighted by molar-refractivity contribution is 5.84. The summed E-state index contributed by atoms with van der Waals surface area (Å²) in [7, 11) is 0. The van der Waals surface area contributed by atoms with Crippen LogP contribution < -0.4 is 11.1 Å². The first kappa shape index (κ1) is 12.7. The molecule has 2 aliphatic heterocycles. The van der Waals surface area contributed by atoms with Crippen LogP contribution in [0.2, 0.25) is 0 Å². The highest BCUT2D eigenvalue weighted by atomic mass is 19.3. The van der Waals surface area contributed by atoms with E-state index >= 15 is 0 Å². The van der Waals surface area contributed by atoms with E-state index in [1.54, 1.807) is 0 Å². The van der Waals surface area contributed by atoms with Crippen LogP contribution >= 0.6 is 0 Å². The Labute approximate surface area is 99.5 Å². The zero-order valence-electron chi connectivity index (χ0n) is 9.85. The molecule has 2 heterocycles. The summed E-state index contributed by atoms with van der Waals surface area (Å²) in [5.74, 6) is -2.95. The zero-order chi connectivity index (χ0) is 12.5. The minimum Gasteiger partial charge on any atom is -0.368 e. The fourth-order valence-corrected chi connectivity index (χ4v) is 2.82. The fraction of sp³-hybridized carbons (Fsp3) is 0.909. The van der Waals surface area contributed by atoms with Crippen LogP contribution in [0.5, 0.6) is 0 Å². The minimum absolute atomic E-state index is 0.171. The van der Waals surface area contributed by atoms with Crippen LogP contribution in [-0.4, -0.2) is 48.4 Å². The molecule has 3 N–H and O–H groups in total. The lowest BCUT2D eigenvalue weighted by Crippen LogP contribution is -2.64. The summed E-state index contributed by atoms with van der Waals surface area (Å²) >= 11 is 0. The number of carbonyl (C=O) groups is 1. The van der Waals surface area contributed by atoms with Crippen molar-refractivity contribution in [2.45, 2.75) is 37.1 Å². The van der Waals surface area contributed by atoms with Crippen molar-refractivity contribution in [3.8, 4) is 0 Å². The summed E-state index contributed by atoms with van der Waals surface area (Å²) in [5, 5.41) is 3.17. The number of likely N-dealkylation sites (tertiary alicyclic amines) is 1. The maximum atomic E-state index is 13.1. The predicted molar refractivity (Wildman–Crippen MR) is 59.8 cm³/mol. The standard InChI is InChI=1S/C11H19F2N3O/c12-11(13)3-7-16(8-4-11)10(9(14)17)1-5-15-6-2-10/h15H,1-8H2,(H2,14,17). The molecule has 1 amide bonds. The second kappa shape index (κ2) is 4.49. The van der Waals surface area contributed by atoms with E-state index < -0.39 is 11.5 Å². The van der Waals surface area contributed by atoms with Crippen LogP contribution in [0, 0.1) is 0 Å². The molecule has 2 fully saturated rings. The van der Waals surface area contributed by atoms with Crippen molar-refractivity contribution >= 4 is 5.91 Å². The Kier molecular flexibility index (Phi) is 3.36. The molecule has 0 aromatic carbocycles. The SMILES string of the molecule is NC(=O)C1(N2CCC(F)(F)CC2)CCNCC1. The number of alkyl halides is 2. The molecule has 0 atom stereocenters. The van der Waals surface area contributed by atoms with Crippen LogP contribution in [0.1, 0.15) is 25.7 Å². The first-order chi connectivity index (χ1) is 7.96. The molecular weight excluding hydrogens is 228 g/mol. The molecule has 2 saturated heterocycles. The maximum Gasteiger partial charge on any atom is 0.250 e. The number of primary amides is 1. The number of nitrogens with one attached hydrogen (secondary N) is 1. The van der Waals surface area contributed by atoms with E-state index in [-0.39, 0.29) is 31.8 Å². The van der Waals surface area contributed by atoms with Gasteiger partial charge in [-0.3, -0.25) is 9.69 Å². The highest BCUT2D eigenvalue weighted by Gasteiger charge is 2.47. The monoisotopic (exact) mass is 247 g/mol. The Hall–Kier alpha value is -0.750. The number of rotatable bonds is 2. The number of nitrogens with zero attached hydrogens (tertiary/aromatic N) is 1. The lowest BCUT2D eigenvalue weighted by atomic mass is 9.84. The van der Waals surface area contributed by atoms with Crippen LogP contribution in [0.15, 0.2) is 0 Å². The fourth-order valence-electron chi connectivity index (χ4n) is 2.82. The summed E-state index contributed by atoms with van der Waals surface area (Å²) in [6.45, 7) is 1.96. The second-order valence-corrected chi connectivity index (χ2v) is 4.99. The number of carbonyl (C=O) groups excluding carboxylic acids is 1. The van der Waals surface area contributed by atoms with Gasteiger partial charge < -0.3 is 11.1 Å². The Balaban J connectivity index is 2.10. The molecule has 0 spiro atoms. The van der Waals surface area contributed by atoms with Gasteiger partial charge in [-0.25, -0.2) is 8.78 Å². The van der Waals surface area contributed by atoms with Gasteiger partial charge in [-0.05, 0) is 25.9 Å². The van der Waals surface area contributed by atoms with E-state index in [1.807, 2.05) is 4.90 Å². The molecule has 17 heavy (non-hydrogen) atoms. The molecule has 0 saturated carbocycles. The quantitative estimate of drug-likeness (QED) is 0.739. The molecule has 98 valence electrons. The van der Waals surface area contributed by atoms with Gasteiger partial charge in [-0.15, -0.1) is 0 Å². The van der Waals surface area contributed by atoms with E-state index in [9.17, 15) is 13.6 Å². The molecule has 0 aliphatic carbocycles. The molecule has 2 aliphatic rings. The van der Waals surface area contributed by atoms with Crippen molar-refractivity contribution in [1.82, 2.24) is 10.2 Å². The van der Waals surface area contributed by atoms with Crippen molar-refractivity contribution in [2.24, 2.45) is 5.73 Å². The molecular formula is C11H19F2N3O. The lowest BCUT2D eigenvalue weighted by Gasteiger charge is -2.47. The molecule has 0 aromatic heterocycles. The van der Waals surface area contributed by atoms with E-state index in [0.29, 0.717) is 12.8 Å². The van der Waals surface area contributed by atoms with Crippen LogP contribution in [0.25, 0.3) is 0 Å². The van der Waals surface area contributed by atoms with Crippen molar-refractivity contribution in [3.63, 3.8) is 0 Å². The van der Waals surface area contributed by atoms with Gasteiger partial charge >= 0.3 is 0 Å². The van der Waals surface area contributed by atoms with Gasteiger partial charge in [0.2, 0.25) is 5.91 Å². The third-order valence-corrected chi connectivity index (χ3v) is 3.99. The second-order valence-electron chi connectivity index (χ2n) is 4.99.